The Balaban J connectivity index is 1.72. The number of nitrogens with one attached hydrogen (secondary N) is 1. The highest BCUT2D eigenvalue weighted by Gasteiger charge is 2.10. The number of carbonyl (C=O) groups excluding carboxylic acids is 1. The van der Waals surface area contributed by atoms with Gasteiger partial charge in [-0.25, -0.2) is 9.67 Å². The molecule has 3 aromatic rings. The first-order valence-electron chi connectivity index (χ1n) is 7.74. The number of aromatic nitrogens is 3. The van der Waals surface area contributed by atoms with E-state index in [2.05, 4.69) is 15.4 Å². The SMILES string of the molecule is C[S@](=O)Cc1cccc(C(=O)NCc2cccnc2-n2cccn2)c1. The van der Waals surface area contributed by atoms with Crippen molar-refractivity contribution in [1.29, 1.82) is 0 Å². The van der Waals surface area contributed by atoms with Gasteiger partial charge in [-0.3, -0.25) is 9.00 Å². The third-order valence-corrected chi connectivity index (χ3v) is 4.33. The first-order valence-corrected chi connectivity index (χ1v) is 9.47. The van der Waals surface area contributed by atoms with Crippen LogP contribution >= 0.6 is 0 Å². The monoisotopic (exact) mass is 354 g/mol. The van der Waals surface area contributed by atoms with Gasteiger partial charge in [-0.15, -0.1) is 0 Å². The van der Waals surface area contributed by atoms with Crippen LogP contribution in [0.1, 0.15) is 21.5 Å². The third-order valence-electron chi connectivity index (χ3n) is 3.59. The standard InChI is InChI=1S/C18H18N4O2S/c1-25(24)13-14-5-2-6-15(11-14)18(23)20-12-16-7-3-8-19-17(16)22-10-4-9-21-22/h2-11H,12-13H2,1H3,(H,20,23)/t25-/m0/s1. The van der Waals surface area contributed by atoms with Crippen molar-refractivity contribution in [2.75, 3.05) is 6.26 Å². The van der Waals surface area contributed by atoms with E-state index in [0.29, 0.717) is 23.7 Å². The number of rotatable bonds is 6. The van der Waals surface area contributed by atoms with Crippen LogP contribution in [0.4, 0.5) is 0 Å². The lowest BCUT2D eigenvalue weighted by molar-refractivity contribution is 0.0951. The van der Waals surface area contributed by atoms with Crippen molar-refractivity contribution in [3.05, 3.63) is 77.7 Å². The van der Waals surface area contributed by atoms with Crippen molar-refractivity contribution in [2.45, 2.75) is 12.3 Å². The molecule has 1 aromatic carbocycles. The molecule has 25 heavy (non-hydrogen) atoms. The highest BCUT2D eigenvalue weighted by molar-refractivity contribution is 7.83. The fourth-order valence-electron chi connectivity index (χ4n) is 2.48. The number of benzene rings is 1. The van der Waals surface area contributed by atoms with Gasteiger partial charge in [0.2, 0.25) is 0 Å². The first kappa shape index (κ1) is 17.0. The minimum Gasteiger partial charge on any atom is -0.348 e. The number of hydrogen-bond acceptors (Lipinski definition) is 4. The molecule has 0 aliphatic heterocycles. The zero-order valence-electron chi connectivity index (χ0n) is 13.8. The Morgan fingerprint density at radius 3 is 2.84 bits per heavy atom. The van der Waals surface area contributed by atoms with Crippen LogP contribution in [0.25, 0.3) is 5.82 Å². The average molecular weight is 354 g/mol. The summed E-state index contributed by atoms with van der Waals surface area (Å²) in [5.74, 6) is 0.939. The molecule has 0 bridgehead atoms. The lowest BCUT2D eigenvalue weighted by Crippen LogP contribution is -2.24. The summed E-state index contributed by atoms with van der Waals surface area (Å²) in [7, 11) is -0.941. The van der Waals surface area contributed by atoms with Gasteiger partial charge in [-0.05, 0) is 29.8 Å². The van der Waals surface area contributed by atoms with E-state index < -0.39 is 10.8 Å². The van der Waals surface area contributed by atoms with E-state index in [0.717, 1.165) is 11.1 Å². The van der Waals surface area contributed by atoms with Gasteiger partial charge in [0.25, 0.3) is 5.91 Å². The molecule has 0 fully saturated rings. The van der Waals surface area contributed by atoms with Gasteiger partial charge in [-0.2, -0.15) is 5.10 Å². The number of pyridine rings is 1. The van der Waals surface area contributed by atoms with Crippen LogP contribution < -0.4 is 5.32 Å². The molecule has 128 valence electrons. The molecule has 0 spiro atoms. The Morgan fingerprint density at radius 1 is 1.20 bits per heavy atom. The topological polar surface area (TPSA) is 76.9 Å². The molecule has 7 heteroatoms. The smallest absolute Gasteiger partial charge is 0.251 e. The molecular formula is C18H18N4O2S. The van der Waals surface area contributed by atoms with E-state index in [1.807, 2.05) is 30.5 Å². The van der Waals surface area contributed by atoms with E-state index in [9.17, 15) is 9.00 Å². The lowest BCUT2D eigenvalue weighted by atomic mass is 10.1. The maximum atomic E-state index is 12.4. The van der Waals surface area contributed by atoms with Crippen LogP contribution in [0.15, 0.2) is 61.1 Å². The molecule has 0 aliphatic carbocycles. The van der Waals surface area contributed by atoms with Gasteiger partial charge in [0.05, 0.1) is 0 Å². The largest absolute Gasteiger partial charge is 0.348 e. The summed E-state index contributed by atoms with van der Waals surface area (Å²) in [6.45, 7) is 0.339. The molecule has 0 radical (unpaired) electrons. The van der Waals surface area contributed by atoms with E-state index in [1.165, 1.54) is 0 Å². The number of hydrogen-bond donors (Lipinski definition) is 1. The van der Waals surface area contributed by atoms with Crippen LogP contribution in [0, 0.1) is 0 Å². The van der Waals surface area contributed by atoms with Gasteiger partial charge in [-0.1, -0.05) is 18.2 Å². The second-order valence-corrected chi connectivity index (χ2v) is 6.97. The summed E-state index contributed by atoms with van der Waals surface area (Å²) < 4.78 is 13.0. The van der Waals surface area contributed by atoms with Crippen molar-refractivity contribution in [2.24, 2.45) is 0 Å². The molecule has 0 saturated carbocycles. The van der Waals surface area contributed by atoms with Crippen LogP contribution in [0.2, 0.25) is 0 Å². The van der Waals surface area contributed by atoms with Crippen LogP contribution in [-0.4, -0.2) is 31.1 Å². The van der Waals surface area contributed by atoms with E-state index in [1.54, 1.807) is 41.5 Å². The fraction of sp³-hybridized carbons (Fsp3) is 0.167. The van der Waals surface area contributed by atoms with E-state index >= 15 is 0 Å². The zero-order chi connectivity index (χ0) is 17.6. The first-order chi connectivity index (χ1) is 12.1. The second kappa shape index (κ2) is 7.85. The van der Waals surface area contributed by atoms with Gasteiger partial charge in [0.1, 0.15) is 0 Å². The van der Waals surface area contributed by atoms with Crippen molar-refractivity contribution in [1.82, 2.24) is 20.1 Å². The predicted octanol–water partition coefficient (Wildman–Crippen LogP) is 2.08. The number of amides is 1. The van der Waals surface area contributed by atoms with Crippen molar-refractivity contribution in [3.63, 3.8) is 0 Å². The predicted molar refractivity (Wildman–Crippen MR) is 96.7 cm³/mol. The Labute approximate surface area is 148 Å². The average Bonchev–Trinajstić information content (AvgIpc) is 3.14. The van der Waals surface area contributed by atoms with E-state index in [4.69, 9.17) is 0 Å². The Bertz CT molecular complexity index is 894. The Hall–Kier alpha value is -2.80. The number of carbonyl (C=O) groups is 1. The summed E-state index contributed by atoms with van der Waals surface area (Å²) >= 11 is 0. The molecule has 2 aromatic heterocycles. The highest BCUT2D eigenvalue weighted by atomic mass is 32.2. The summed E-state index contributed by atoms with van der Waals surface area (Å²) in [4.78, 5) is 16.8. The molecule has 1 N–H and O–H groups in total. The Kier molecular flexibility index (Phi) is 5.35. The minimum atomic E-state index is -0.941. The van der Waals surface area contributed by atoms with Crippen LogP contribution in [0.5, 0.6) is 0 Å². The maximum absolute atomic E-state index is 12.4. The summed E-state index contributed by atoms with van der Waals surface area (Å²) in [6, 6.07) is 12.7. The van der Waals surface area contributed by atoms with Crippen LogP contribution in [-0.2, 0) is 23.1 Å². The molecular weight excluding hydrogens is 336 g/mol. The molecule has 6 nitrogen and oxygen atoms in total. The second-order valence-electron chi connectivity index (χ2n) is 5.54. The minimum absolute atomic E-state index is 0.181. The van der Waals surface area contributed by atoms with Gasteiger partial charge in [0.15, 0.2) is 5.82 Å². The summed E-state index contributed by atoms with van der Waals surface area (Å²) in [6.07, 6.45) is 6.82. The van der Waals surface area contributed by atoms with Gasteiger partial charge in [0, 0.05) is 59.1 Å². The lowest BCUT2D eigenvalue weighted by Gasteiger charge is -2.10. The molecule has 0 unspecified atom stereocenters. The zero-order valence-corrected chi connectivity index (χ0v) is 14.6. The molecule has 1 amide bonds. The molecule has 2 heterocycles. The maximum Gasteiger partial charge on any atom is 0.251 e. The normalized spacial score (nSPS) is 11.9. The van der Waals surface area contributed by atoms with Crippen LogP contribution in [0.3, 0.4) is 0 Å². The fourth-order valence-corrected chi connectivity index (χ4v) is 3.13. The third kappa shape index (κ3) is 4.39. The van der Waals surface area contributed by atoms with Crippen molar-refractivity contribution in [3.8, 4) is 5.82 Å². The number of nitrogens with zero attached hydrogens (tertiary/aromatic N) is 3. The molecule has 0 aliphatic rings. The van der Waals surface area contributed by atoms with Crippen molar-refractivity contribution < 1.29 is 9.00 Å². The van der Waals surface area contributed by atoms with Gasteiger partial charge < -0.3 is 5.32 Å². The van der Waals surface area contributed by atoms with E-state index in [-0.39, 0.29) is 5.91 Å². The quantitative estimate of drug-likeness (QED) is 0.735. The molecule has 0 saturated heterocycles. The van der Waals surface area contributed by atoms with Gasteiger partial charge >= 0.3 is 0 Å². The van der Waals surface area contributed by atoms with Crippen molar-refractivity contribution >= 4 is 16.7 Å². The summed E-state index contributed by atoms with van der Waals surface area (Å²) in [5, 5.41) is 7.09. The molecule has 3 rings (SSSR count). The molecule has 1 atom stereocenters. The summed E-state index contributed by atoms with van der Waals surface area (Å²) in [5.41, 5.74) is 2.30. The Morgan fingerprint density at radius 2 is 2.08 bits per heavy atom. The highest BCUT2D eigenvalue weighted by Crippen LogP contribution is 2.11.